The Labute approximate surface area is 198 Å². The SMILES string of the molecule is CC(C)c1nc2c(c3c1[C@@H](c1ccc(C(F)(F)F)cc1)OC31CCCC1)[C@@H](O)CC(C)(C)[C@H]2O. The van der Waals surface area contributed by atoms with Gasteiger partial charge < -0.3 is 14.9 Å². The minimum atomic E-state index is -4.41. The van der Waals surface area contributed by atoms with Crippen LogP contribution in [-0.2, 0) is 16.5 Å². The molecule has 0 unspecified atom stereocenters. The van der Waals surface area contributed by atoms with Crippen LogP contribution in [0.5, 0.6) is 0 Å². The molecule has 0 bridgehead atoms. The molecule has 1 fully saturated rings. The van der Waals surface area contributed by atoms with Gasteiger partial charge in [0.05, 0.1) is 23.0 Å². The second-order valence-electron chi connectivity index (χ2n) is 11.2. The molecule has 2 aliphatic carbocycles. The molecule has 1 aromatic heterocycles. The summed E-state index contributed by atoms with van der Waals surface area (Å²) >= 11 is 0. The Morgan fingerprint density at radius 3 is 2.21 bits per heavy atom. The topological polar surface area (TPSA) is 62.6 Å². The summed E-state index contributed by atoms with van der Waals surface area (Å²) in [6.07, 6.45) is -2.69. The van der Waals surface area contributed by atoms with E-state index in [1.54, 1.807) is 0 Å². The molecule has 2 heterocycles. The molecule has 0 saturated heterocycles. The minimum absolute atomic E-state index is 0.00512. The van der Waals surface area contributed by atoms with E-state index < -0.39 is 41.1 Å². The predicted molar refractivity (Wildman–Crippen MR) is 121 cm³/mol. The van der Waals surface area contributed by atoms with Crippen LogP contribution in [0.15, 0.2) is 24.3 Å². The fraction of sp³-hybridized carbons (Fsp3) is 0.593. The third-order valence-electron chi connectivity index (χ3n) is 7.94. The number of fused-ring (bicyclic) bond motifs is 4. The molecule has 0 amide bonds. The monoisotopic (exact) mass is 475 g/mol. The van der Waals surface area contributed by atoms with Crippen LogP contribution in [0.25, 0.3) is 0 Å². The van der Waals surface area contributed by atoms with Gasteiger partial charge in [0.25, 0.3) is 0 Å². The molecule has 2 N–H and O–H groups in total. The van der Waals surface area contributed by atoms with E-state index in [0.717, 1.165) is 54.6 Å². The first-order valence-corrected chi connectivity index (χ1v) is 12.1. The van der Waals surface area contributed by atoms with Crippen molar-refractivity contribution in [3.05, 3.63) is 63.5 Å². The molecule has 1 spiro atoms. The van der Waals surface area contributed by atoms with E-state index in [1.165, 1.54) is 12.1 Å². The van der Waals surface area contributed by atoms with Gasteiger partial charge in [0.1, 0.15) is 12.2 Å². The molecular formula is C27H32F3NO3. The number of pyridine rings is 1. The first kappa shape index (κ1) is 23.8. The lowest BCUT2D eigenvalue weighted by Gasteiger charge is -2.41. The summed E-state index contributed by atoms with van der Waals surface area (Å²) < 4.78 is 46.3. The van der Waals surface area contributed by atoms with Gasteiger partial charge in [0.2, 0.25) is 0 Å². The van der Waals surface area contributed by atoms with Gasteiger partial charge in [0, 0.05) is 16.8 Å². The van der Waals surface area contributed by atoms with Crippen molar-refractivity contribution >= 4 is 0 Å². The number of hydrogen-bond acceptors (Lipinski definition) is 4. The second-order valence-corrected chi connectivity index (χ2v) is 11.2. The fourth-order valence-electron chi connectivity index (χ4n) is 6.21. The minimum Gasteiger partial charge on any atom is -0.388 e. The van der Waals surface area contributed by atoms with E-state index in [0.29, 0.717) is 23.2 Å². The van der Waals surface area contributed by atoms with Gasteiger partial charge in [-0.2, -0.15) is 13.2 Å². The van der Waals surface area contributed by atoms with Crippen LogP contribution in [-0.4, -0.2) is 15.2 Å². The Hall–Kier alpha value is -1.96. The van der Waals surface area contributed by atoms with Crippen LogP contribution in [0.3, 0.4) is 0 Å². The maximum absolute atomic E-state index is 13.2. The van der Waals surface area contributed by atoms with E-state index >= 15 is 0 Å². The largest absolute Gasteiger partial charge is 0.416 e. The van der Waals surface area contributed by atoms with Crippen molar-refractivity contribution in [2.24, 2.45) is 5.41 Å². The molecule has 3 aliphatic rings. The maximum atomic E-state index is 13.2. The van der Waals surface area contributed by atoms with Crippen molar-refractivity contribution in [2.75, 3.05) is 0 Å². The molecule has 34 heavy (non-hydrogen) atoms. The Balaban J connectivity index is 1.76. The molecule has 5 rings (SSSR count). The molecule has 7 heteroatoms. The van der Waals surface area contributed by atoms with E-state index in [9.17, 15) is 23.4 Å². The Morgan fingerprint density at radius 2 is 1.65 bits per heavy atom. The molecule has 0 radical (unpaired) electrons. The lowest BCUT2D eigenvalue weighted by Crippen LogP contribution is -2.35. The van der Waals surface area contributed by atoms with Crippen molar-refractivity contribution in [2.45, 2.75) is 95.8 Å². The number of rotatable bonds is 2. The highest BCUT2D eigenvalue weighted by molar-refractivity contribution is 5.55. The van der Waals surface area contributed by atoms with Crippen LogP contribution < -0.4 is 0 Å². The highest BCUT2D eigenvalue weighted by Gasteiger charge is 2.54. The average molecular weight is 476 g/mol. The van der Waals surface area contributed by atoms with Crippen molar-refractivity contribution in [1.82, 2.24) is 4.98 Å². The third-order valence-corrected chi connectivity index (χ3v) is 7.94. The van der Waals surface area contributed by atoms with Crippen LogP contribution in [0.2, 0.25) is 0 Å². The van der Waals surface area contributed by atoms with E-state index in [4.69, 9.17) is 9.72 Å². The lowest BCUT2D eigenvalue weighted by atomic mass is 9.69. The summed E-state index contributed by atoms with van der Waals surface area (Å²) in [4.78, 5) is 4.93. The number of aliphatic hydroxyl groups excluding tert-OH is 2. The normalized spacial score (nSPS) is 27.3. The summed E-state index contributed by atoms with van der Waals surface area (Å²) in [5.74, 6) is 0.00512. The quantitative estimate of drug-likeness (QED) is 0.513. The van der Waals surface area contributed by atoms with Crippen LogP contribution in [0.1, 0.15) is 123 Å². The number of halogens is 3. The van der Waals surface area contributed by atoms with Crippen LogP contribution in [0, 0.1) is 5.41 Å². The smallest absolute Gasteiger partial charge is 0.388 e. The highest BCUT2D eigenvalue weighted by Crippen LogP contribution is 2.60. The Kier molecular flexibility index (Phi) is 5.43. The summed E-state index contributed by atoms with van der Waals surface area (Å²) in [6.45, 7) is 7.91. The molecule has 1 aliphatic heterocycles. The van der Waals surface area contributed by atoms with Gasteiger partial charge in [-0.1, -0.05) is 52.7 Å². The number of nitrogens with zero attached hydrogens (tertiary/aromatic N) is 1. The number of benzene rings is 1. The van der Waals surface area contributed by atoms with Crippen molar-refractivity contribution in [3.63, 3.8) is 0 Å². The van der Waals surface area contributed by atoms with Gasteiger partial charge in [0.15, 0.2) is 0 Å². The Morgan fingerprint density at radius 1 is 1.03 bits per heavy atom. The molecular weight excluding hydrogens is 443 g/mol. The van der Waals surface area contributed by atoms with Crippen LogP contribution >= 0.6 is 0 Å². The number of hydrogen-bond donors (Lipinski definition) is 2. The molecule has 4 nitrogen and oxygen atoms in total. The summed E-state index contributed by atoms with van der Waals surface area (Å²) in [6, 6.07) is 5.17. The molecule has 1 saturated carbocycles. The molecule has 3 atom stereocenters. The molecule has 184 valence electrons. The fourth-order valence-corrected chi connectivity index (χ4v) is 6.21. The standard InChI is InChI=1S/C27H32F3NO3/c1-14(2)21-19-20(18-17(32)13-25(3,4)24(33)22(18)31-21)26(11-5-6-12-26)34-23(19)15-7-9-16(10-8-15)27(28,29)30/h7-10,14,17,23-24,32-33H,5-6,11-13H2,1-4H3/t17-,23+,24-/m0/s1. The Bertz CT molecular complexity index is 1100. The summed E-state index contributed by atoms with van der Waals surface area (Å²) in [5.41, 5.74) is 2.56. The van der Waals surface area contributed by atoms with E-state index in [-0.39, 0.29) is 5.92 Å². The highest BCUT2D eigenvalue weighted by atomic mass is 19.4. The van der Waals surface area contributed by atoms with Gasteiger partial charge in [-0.3, -0.25) is 4.98 Å². The van der Waals surface area contributed by atoms with Crippen molar-refractivity contribution in [1.29, 1.82) is 0 Å². The predicted octanol–water partition coefficient (Wildman–Crippen LogP) is 6.61. The van der Waals surface area contributed by atoms with Gasteiger partial charge in [-0.25, -0.2) is 0 Å². The van der Waals surface area contributed by atoms with Crippen molar-refractivity contribution in [3.8, 4) is 0 Å². The second kappa shape index (κ2) is 7.77. The number of aromatic nitrogens is 1. The van der Waals surface area contributed by atoms with Gasteiger partial charge in [-0.05, 0) is 53.9 Å². The molecule has 1 aromatic carbocycles. The van der Waals surface area contributed by atoms with Gasteiger partial charge in [-0.15, -0.1) is 0 Å². The number of aliphatic hydroxyl groups is 2. The lowest BCUT2D eigenvalue weighted by molar-refractivity contribution is -0.137. The zero-order chi connectivity index (χ0) is 24.6. The summed E-state index contributed by atoms with van der Waals surface area (Å²) in [5, 5.41) is 22.5. The van der Waals surface area contributed by atoms with Crippen molar-refractivity contribution < 1.29 is 28.1 Å². The first-order valence-electron chi connectivity index (χ1n) is 12.1. The zero-order valence-corrected chi connectivity index (χ0v) is 20.0. The van der Waals surface area contributed by atoms with Crippen LogP contribution in [0.4, 0.5) is 13.2 Å². The molecule has 2 aromatic rings. The van der Waals surface area contributed by atoms with Gasteiger partial charge >= 0.3 is 6.18 Å². The average Bonchev–Trinajstić information content (AvgIpc) is 3.36. The van der Waals surface area contributed by atoms with E-state index in [2.05, 4.69) is 0 Å². The number of ether oxygens (including phenoxy) is 1. The third kappa shape index (κ3) is 3.50. The zero-order valence-electron chi connectivity index (χ0n) is 20.0. The first-order chi connectivity index (χ1) is 15.9. The number of alkyl halides is 3. The summed E-state index contributed by atoms with van der Waals surface area (Å²) in [7, 11) is 0. The maximum Gasteiger partial charge on any atom is 0.416 e. The van der Waals surface area contributed by atoms with E-state index in [1.807, 2.05) is 27.7 Å².